The number of para-hydroxylation sites is 2. The lowest BCUT2D eigenvalue weighted by molar-refractivity contribution is -0.115. The van der Waals surface area contributed by atoms with Gasteiger partial charge in [-0.1, -0.05) is 65.7 Å². The van der Waals surface area contributed by atoms with Gasteiger partial charge < -0.3 is 10.1 Å². The number of benzene rings is 3. The van der Waals surface area contributed by atoms with Gasteiger partial charge in [-0.25, -0.2) is 4.99 Å². The number of rotatable bonds is 5. The Bertz CT molecular complexity index is 1140. The van der Waals surface area contributed by atoms with Crippen LogP contribution in [0.15, 0.2) is 82.7 Å². The van der Waals surface area contributed by atoms with Crippen LogP contribution in [0.2, 0.25) is 10.0 Å². The third-order valence-corrected chi connectivity index (χ3v) is 5.72. The highest BCUT2D eigenvalue weighted by molar-refractivity contribution is 8.18. The van der Waals surface area contributed by atoms with Gasteiger partial charge >= 0.3 is 0 Å². The molecule has 0 saturated carbocycles. The highest BCUT2D eigenvalue weighted by Crippen LogP contribution is 2.32. The summed E-state index contributed by atoms with van der Waals surface area (Å²) < 4.78 is 5.97. The molecule has 1 heterocycles. The van der Waals surface area contributed by atoms with Crippen LogP contribution < -0.4 is 10.1 Å². The Labute approximate surface area is 188 Å². The number of hydrogen-bond acceptors (Lipinski definition) is 4. The number of ether oxygens (including phenoxy) is 1. The molecule has 0 bridgehead atoms. The van der Waals surface area contributed by atoms with Crippen molar-refractivity contribution in [3.8, 4) is 5.75 Å². The number of nitrogens with one attached hydrogen (secondary N) is 1. The minimum absolute atomic E-state index is 0.210. The van der Waals surface area contributed by atoms with Crippen molar-refractivity contribution < 1.29 is 9.53 Å². The molecule has 1 aliphatic heterocycles. The number of carbonyl (C=O) groups is 1. The number of halogens is 2. The largest absolute Gasteiger partial charge is 0.488 e. The van der Waals surface area contributed by atoms with Crippen LogP contribution in [0.3, 0.4) is 0 Å². The number of aliphatic imine (C=N–C) groups is 1. The van der Waals surface area contributed by atoms with Crippen LogP contribution in [0, 0.1) is 0 Å². The smallest absolute Gasteiger partial charge is 0.264 e. The van der Waals surface area contributed by atoms with Crippen molar-refractivity contribution in [3.63, 3.8) is 0 Å². The summed E-state index contributed by atoms with van der Waals surface area (Å²) in [5.74, 6) is 0.475. The second-order valence-electron chi connectivity index (χ2n) is 6.39. The van der Waals surface area contributed by atoms with Gasteiger partial charge in [0.2, 0.25) is 0 Å². The molecule has 1 amide bonds. The van der Waals surface area contributed by atoms with Crippen LogP contribution in [-0.2, 0) is 11.4 Å². The van der Waals surface area contributed by atoms with Crippen LogP contribution in [0.5, 0.6) is 5.75 Å². The Morgan fingerprint density at radius 1 is 0.967 bits per heavy atom. The maximum absolute atomic E-state index is 12.4. The summed E-state index contributed by atoms with van der Waals surface area (Å²) >= 11 is 13.3. The van der Waals surface area contributed by atoms with E-state index in [1.807, 2.05) is 60.7 Å². The summed E-state index contributed by atoms with van der Waals surface area (Å²) in [5, 5.41) is 4.47. The third kappa shape index (κ3) is 5.05. The molecule has 0 unspecified atom stereocenters. The number of hydrogen-bond donors (Lipinski definition) is 1. The molecule has 0 aliphatic carbocycles. The second kappa shape index (κ2) is 9.39. The first-order valence-electron chi connectivity index (χ1n) is 9.09. The van der Waals surface area contributed by atoms with E-state index in [0.29, 0.717) is 38.2 Å². The van der Waals surface area contributed by atoms with Crippen LogP contribution in [-0.4, -0.2) is 11.1 Å². The lowest BCUT2D eigenvalue weighted by Crippen LogP contribution is -2.19. The van der Waals surface area contributed by atoms with Crippen molar-refractivity contribution >= 4 is 57.8 Å². The van der Waals surface area contributed by atoms with Crippen molar-refractivity contribution in [2.24, 2.45) is 4.99 Å². The molecule has 7 heteroatoms. The van der Waals surface area contributed by atoms with Crippen LogP contribution >= 0.6 is 35.0 Å². The summed E-state index contributed by atoms with van der Waals surface area (Å²) in [4.78, 5) is 17.4. The third-order valence-electron chi connectivity index (χ3n) is 4.24. The normalized spacial score (nSPS) is 16.1. The van der Waals surface area contributed by atoms with E-state index in [-0.39, 0.29) is 5.91 Å². The molecule has 1 fully saturated rings. The minimum atomic E-state index is -0.210. The van der Waals surface area contributed by atoms with Gasteiger partial charge in [0.15, 0.2) is 5.17 Å². The summed E-state index contributed by atoms with van der Waals surface area (Å²) in [7, 11) is 0. The Morgan fingerprint density at radius 2 is 1.70 bits per heavy atom. The quantitative estimate of drug-likeness (QED) is 0.449. The van der Waals surface area contributed by atoms with Crippen LogP contribution in [0.25, 0.3) is 6.08 Å². The van der Waals surface area contributed by atoms with Gasteiger partial charge in [0.25, 0.3) is 5.91 Å². The average molecular weight is 455 g/mol. The molecule has 4 nitrogen and oxygen atoms in total. The van der Waals surface area contributed by atoms with Gasteiger partial charge in [-0.15, -0.1) is 0 Å². The average Bonchev–Trinajstić information content (AvgIpc) is 3.09. The Hall–Kier alpha value is -2.73. The second-order valence-corrected chi connectivity index (χ2v) is 8.26. The maximum Gasteiger partial charge on any atom is 0.264 e. The molecule has 0 radical (unpaired) electrons. The first-order chi connectivity index (χ1) is 14.6. The fourth-order valence-electron chi connectivity index (χ4n) is 2.75. The highest BCUT2D eigenvalue weighted by Gasteiger charge is 2.24. The number of amides is 1. The summed E-state index contributed by atoms with van der Waals surface area (Å²) in [6, 6.07) is 22.3. The van der Waals surface area contributed by atoms with Gasteiger partial charge in [0.1, 0.15) is 12.4 Å². The molecule has 3 aromatic rings. The van der Waals surface area contributed by atoms with Gasteiger partial charge in [-0.2, -0.15) is 0 Å². The van der Waals surface area contributed by atoms with E-state index >= 15 is 0 Å². The zero-order valence-corrected chi connectivity index (χ0v) is 18.0. The Kier molecular flexibility index (Phi) is 6.43. The van der Waals surface area contributed by atoms with E-state index in [1.54, 1.807) is 18.2 Å². The van der Waals surface area contributed by atoms with E-state index in [2.05, 4.69) is 10.3 Å². The summed E-state index contributed by atoms with van der Waals surface area (Å²) in [6.07, 6.45) is 1.80. The van der Waals surface area contributed by atoms with Crippen molar-refractivity contribution in [2.45, 2.75) is 6.61 Å². The highest BCUT2D eigenvalue weighted by atomic mass is 35.5. The van der Waals surface area contributed by atoms with E-state index in [9.17, 15) is 4.79 Å². The first-order valence-corrected chi connectivity index (χ1v) is 10.7. The molecule has 0 atom stereocenters. The van der Waals surface area contributed by atoms with Crippen molar-refractivity contribution in [2.75, 3.05) is 0 Å². The predicted molar refractivity (Wildman–Crippen MR) is 124 cm³/mol. The zero-order valence-electron chi connectivity index (χ0n) is 15.6. The predicted octanol–water partition coefficient (Wildman–Crippen LogP) is 6.46. The van der Waals surface area contributed by atoms with Gasteiger partial charge in [0, 0.05) is 10.6 Å². The Balaban J connectivity index is 1.52. The lowest BCUT2D eigenvalue weighted by Gasteiger charge is -2.09. The number of thioether (sulfide) groups is 1. The standard InChI is InChI=1S/C23H16Cl2N2O2S/c24-17-11-9-15(10-12-17)14-29-20-8-4-1-5-16(20)13-21-22(28)27-23(30-21)26-19-7-3-2-6-18(19)25/h1-13H,14H2,(H,26,27,28)/b21-13-. The van der Waals surface area contributed by atoms with E-state index in [0.717, 1.165) is 11.1 Å². The fourth-order valence-corrected chi connectivity index (χ4v) is 3.88. The van der Waals surface area contributed by atoms with Gasteiger partial charge in [-0.05, 0) is 53.7 Å². The molecule has 30 heavy (non-hydrogen) atoms. The van der Waals surface area contributed by atoms with Crippen LogP contribution in [0.1, 0.15) is 11.1 Å². The molecule has 1 aliphatic rings. The number of amidine groups is 1. The monoisotopic (exact) mass is 454 g/mol. The zero-order chi connectivity index (χ0) is 20.9. The molecule has 3 aromatic carbocycles. The molecule has 1 saturated heterocycles. The Morgan fingerprint density at radius 3 is 2.50 bits per heavy atom. The van der Waals surface area contributed by atoms with Gasteiger partial charge in [0.05, 0.1) is 15.6 Å². The summed E-state index contributed by atoms with van der Waals surface area (Å²) in [6.45, 7) is 0.399. The number of carbonyl (C=O) groups excluding carboxylic acids is 1. The van der Waals surface area contributed by atoms with Crippen molar-refractivity contribution in [3.05, 3.63) is 98.9 Å². The van der Waals surface area contributed by atoms with Crippen molar-refractivity contribution in [1.29, 1.82) is 0 Å². The van der Waals surface area contributed by atoms with Crippen molar-refractivity contribution in [1.82, 2.24) is 5.32 Å². The fraction of sp³-hybridized carbons (Fsp3) is 0.0435. The van der Waals surface area contributed by atoms with E-state index < -0.39 is 0 Å². The molecular formula is C23H16Cl2N2O2S. The molecule has 150 valence electrons. The molecule has 0 aromatic heterocycles. The minimum Gasteiger partial charge on any atom is -0.488 e. The maximum atomic E-state index is 12.4. The SMILES string of the molecule is O=C1NC(=Nc2ccccc2Cl)S/C1=C\c1ccccc1OCc1ccc(Cl)cc1. The van der Waals surface area contributed by atoms with E-state index in [4.69, 9.17) is 27.9 Å². The topological polar surface area (TPSA) is 50.7 Å². The van der Waals surface area contributed by atoms with Gasteiger partial charge in [-0.3, -0.25) is 4.79 Å². The molecule has 0 spiro atoms. The van der Waals surface area contributed by atoms with Crippen LogP contribution in [0.4, 0.5) is 5.69 Å². The first kappa shape index (κ1) is 20.5. The lowest BCUT2D eigenvalue weighted by atomic mass is 10.2. The van der Waals surface area contributed by atoms with E-state index in [1.165, 1.54) is 11.8 Å². The molecule has 4 rings (SSSR count). The summed E-state index contributed by atoms with van der Waals surface area (Å²) in [5.41, 5.74) is 2.42. The number of nitrogens with zero attached hydrogens (tertiary/aromatic N) is 1. The molecule has 1 N–H and O–H groups in total. The molecular weight excluding hydrogens is 439 g/mol.